The highest BCUT2D eigenvalue weighted by atomic mass is 35.5. The van der Waals surface area contributed by atoms with Gasteiger partial charge in [0.2, 0.25) is 0 Å². The van der Waals surface area contributed by atoms with E-state index in [4.69, 9.17) is 16.0 Å². The van der Waals surface area contributed by atoms with Crippen LogP contribution in [0.2, 0.25) is 4.34 Å². The Morgan fingerprint density at radius 3 is 2.87 bits per heavy atom. The molecule has 0 saturated carbocycles. The van der Waals surface area contributed by atoms with Crippen molar-refractivity contribution in [1.29, 1.82) is 0 Å². The Morgan fingerprint density at radius 2 is 2.27 bits per heavy atom. The maximum Gasteiger partial charge on any atom is 0.195 e. The second-order valence-corrected chi connectivity index (χ2v) is 4.53. The highest BCUT2D eigenvalue weighted by Gasteiger charge is 2.04. The Morgan fingerprint density at radius 1 is 1.40 bits per heavy atom. The van der Waals surface area contributed by atoms with Crippen LogP contribution in [0.1, 0.15) is 15.4 Å². The molecule has 0 amide bonds. The van der Waals surface area contributed by atoms with Crippen molar-refractivity contribution in [2.45, 2.75) is 0 Å². The molecule has 0 radical (unpaired) electrons. The number of hydrogen-bond donors (Lipinski definition) is 0. The number of allylic oxidation sites excluding steroid dienone is 1. The average molecular weight is 239 g/mol. The molecule has 0 aliphatic heterocycles. The molecule has 4 heteroatoms. The van der Waals surface area contributed by atoms with E-state index >= 15 is 0 Å². The van der Waals surface area contributed by atoms with Crippen LogP contribution in [0, 0.1) is 0 Å². The van der Waals surface area contributed by atoms with Gasteiger partial charge in [-0.05, 0) is 36.4 Å². The minimum Gasteiger partial charge on any atom is -0.465 e. The lowest BCUT2D eigenvalue weighted by atomic mass is 10.3. The van der Waals surface area contributed by atoms with E-state index in [1.165, 1.54) is 17.4 Å². The predicted octanol–water partition coefficient (Wildman–Crippen LogP) is 3.89. The average Bonchev–Trinajstić information content (AvgIpc) is 2.84. The second kappa shape index (κ2) is 4.47. The van der Waals surface area contributed by atoms with Crippen LogP contribution in [0.25, 0.3) is 6.08 Å². The fourth-order valence-corrected chi connectivity index (χ4v) is 2.04. The summed E-state index contributed by atoms with van der Waals surface area (Å²) >= 11 is 6.99. The zero-order valence-corrected chi connectivity index (χ0v) is 9.22. The molecule has 0 aliphatic rings. The molecule has 2 aromatic heterocycles. The fourth-order valence-electron chi connectivity index (χ4n) is 1.07. The van der Waals surface area contributed by atoms with Crippen molar-refractivity contribution >= 4 is 34.8 Å². The number of halogens is 1. The van der Waals surface area contributed by atoms with Crippen molar-refractivity contribution in [3.8, 4) is 0 Å². The number of rotatable bonds is 3. The lowest BCUT2D eigenvalue weighted by Crippen LogP contribution is -1.87. The van der Waals surface area contributed by atoms with Crippen LogP contribution >= 0.6 is 22.9 Å². The van der Waals surface area contributed by atoms with Crippen molar-refractivity contribution in [1.82, 2.24) is 0 Å². The summed E-state index contributed by atoms with van der Waals surface area (Å²) in [6, 6.07) is 6.97. The maximum atomic E-state index is 11.6. The Bertz CT molecular complexity index is 482. The summed E-state index contributed by atoms with van der Waals surface area (Å²) in [6.07, 6.45) is 4.67. The second-order valence-electron chi connectivity index (χ2n) is 2.82. The lowest BCUT2D eigenvalue weighted by Gasteiger charge is -1.86. The van der Waals surface area contributed by atoms with Crippen LogP contribution in [-0.4, -0.2) is 5.78 Å². The van der Waals surface area contributed by atoms with Crippen LogP contribution in [0.3, 0.4) is 0 Å². The Labute approximate surface area is 95.8 Å². The van der Waals surface area contributed by atoms with Crippen LogP contribution in [0.5, 0.6) is 0 Å². The van der Waals surface area contributed by atoms with E-state index in [1.807, 2.05) is 0 Å². The molecule has 2 rings (SSSR count). The van der Waals surface area contributed by atoms with Crippen molar-refractivity contribution < 1.29 is 9.21 Å². The molecule has 2 nitrogen and oxygen atoms in total. The molecule has 0 aliphatic carbocycles. The molecule has 0 bridgehead atoms. The maximum absolute atomic E-state index is 11.6. The van der Waals surface area contributed by atoms with E-state index in [1.54, 1.807) is 36.6 Å². The number of thiophene rings is 1. The molecular weight excluding hydrogens is 232 g/mol. The van der Waals surface area contributed by atoms with Crippen LogP contribution in [-0.2, 0) is 0 Å². The number of furan rings is 1. The van der Waals surface area contributed by atoms with Gasteiger partial charge in [-0.3, -0.25) is 4.79 Å². The first-order chi connectivity index (χ1) is 7.25. The third-order valence-corrected chi connectivity index (χ3v) is 3.00. The van der Waals surface area contributed by atoms with Crippen LogP contribution < -0.4 is 0 Å². The van der Waals surface area contributed by atoms with Crippen molar-refractivity contribution in [3.05, 3.63) is 51.6 Å². The molecule has 0 saturated heterocycles. The minimum atomic E-state index is -0.0664. The summed E-state index contributed by atoms with van der Waals surface area (Å²) in [5, 5.41) is 0. The van der Waals surface area contributed by atoms with Crippen molar-refractivity contribution in [2.75, 3.05) is 0 Å². The number of carbonyl (C=O) groups excluding carboxylic acids is 1. The Kier molecular flexibility index (Phi) is 3.04. The predicted molar refractivity (Wildman–Crippen MR) is 61.4 cm³/mol. The molecule has 15 heavy (non-hydrogen) atoms. The third-order valence-electron chi connectivity index (χ3n) is 1.76. The smallest absolute Gasteiger partial charge is 0.195 e. The van der Waals surface area contributed by atoms with Gasteiger partial charge < -0.3 is 4.42 Å². The normalized spacial score (nSPS) is 11.0. The van der Waals surface area contributed by atoms with E-state index in [-0.39, 0.29) is 5.78 Å². The first-order valence-corrected chi connectivity index (χ1v) is 5.46. The largest absolute Gasteiger partial charge is 0.465 e. The molecule has 0 fully saturated rings. The molecule has 2 aromatic rings. The summed E-state index contributed by atoms with van der Waals surface area (Å²) in [5.41, 5.74) is 0. The topological polar surface area (TPSA) is 30.2 Å². The van der Waals surface area contributed by atoms with E-state index in [2.05, 4.69) is 0 Å². The molecule has 0 N–H and O–H groups in total. The molecule has 0 atom stereocenters. The monoisotopic (exact) mass is 238 g/mol. The number of carbonyl (C=O) groups is 1. The van der Waals surface area contributed by atoms with Gasteiger partial charge in [-0.1, -0.05) is 11.6 Å². The zero-order chi connectivity index (χ0) is 10.7. The van der Waals surface area contributed by atoms with Gasteiger partial charge in [0.25, 0.3) is 0 Å². The van der Waals surface area contributed by atoms with Crippen molar-refractivity contribution in [3.63, 3.8) is 0 Å². The number of ketones is 1. The third kappa shape index (κ3) is 2.58. The first kappa shape index (κ1) is 10.2. The zero-order valence-electron chi connectivity index (χ0n) is 7.64. The standard InChI is InChI=1S/C11H7ClO2S/c12-11-6-5-10(15-11)9(13)4-3-8-2-1-7-14-8/h1-7H/b4-3+. The fraction of sp³-hybridized carbons (Fsp3) is 0. The lowest BCUT2D eigenvalue weighted by molar-refractivity contribution is 0.105. The highest BCUT2D eigenvalue weighted by Crippen LogP contribution is 2.22. The summed E-state index contributed by atoms with van der Waals surface area (Å²) < 4.78 is 5.68. The van der Waals surface area contributed by atoms with E-state index in [0.717, 1.165) is 0 Å². The molecule has 2 heterocycles. The summed E-state index contributed by atoms with van der Waals surface area (Å²) in [5.74, 6) is 0.592. The van der Waals surface area contributed by atoms with Gasteiger partial charge in [0.15, 0.2) is 5.78 Å². The van der Waals surface area contributed by atoms with Gasteiger partial charge in [-0.15, -0.1) is 11.3 Å². The quantitative estimate of drug-likeness (QED) is 0.600. The SMILES string of the molecule is O=C(/C=C/c1ccco1)c1ccc(Cl)s1. The van der Waals surface area contributed by atoms with E-state index in [9.17, 15) is 4.79 Å². The molecule has 0 spiro atoms. The molecule has 0 unspecified atom stereocenters. The van der Waals surface area contributed by atoms with Gasteiger partial charge >= 0.3 is 0 Å². The Balaban J connectivity index is 2.10. The summed E-state index contributed by atoms with van der Waals surface area (Å²) in [6.45, 7) is 0. The highest BCUT2D eigenvalue weighted by molar-refractivity contribution is 7.18. The van der Waals surface area contributed by atoms with Crippen LogP contribution in [0.4, 0.5) is 0 Å². The van der Waals surface area contributed by atoms with Gasteiger partial charge in [0.05, 0.1) is 15.5 Å². The van der Waals surface area contributed by atoms with E-state index < -0.39 is 0 Å². The van der Waals surface area contributed by atoms with Crippen LogP contribution in [0.15, 0.2) is 41.0 Å². The van der Waals surface area contributed by atoms with Crippen molar-refractivity contribution in [2.24, 2.45) is 0 Å². The summed E-state index contributed by atoms with van der Waals surface area (Å²) in [7, 11) is 0. The minimum absolute atomic E-state index is 0.0664. The number of hydrogen-bond acceptors (Lipinski definition) is 3. The first-order valence-electron chi connectivity index (χ1n) is 4.27. The molecule has 76 valence electrons. The Hall–Kier alpha value is -1.32. The van der Waals surface area contributed by atoms with Gasteiger partial charge in [0, 0.05) is 0 Å². The van der Waals surface area contributed by atoms with Gasteiger partial charge in [-0.2, -0.15) is 0 Å². The molecule has 0 aromatic carbocycles. The van der Waals surface area contributed by atoms with Gasteiger partial charge in [0.1, 0.15) is 5.76 Å². The van der Waals surface area contributed by atoms with E-state index in [0.29, 0.717) is 15.0 Å². The van der Waals surface area contributed by atoms with Gasteiger partial charge in [-0.25, -0.2) is 0 Å². The summed E-state index contributed by atoms with van der Waals surface area (Å²) in [4.78, 5) is 12.2. The molecular formula is C11H7ClO2S.